The Morgan fingerprint density at radius 3 is 2.60 bits per heavy atom. The van der Waals surface area contributed by atoms with Gasteiger partial charge in [-0.25, -0.2) is 0 Å². The van der Waals surface area contributed by atoms with Crippen LogP contribution in [0.15, 0.2) is 24.3 Å². The van der Waals surface area contributed by atoms with Crippen LogP contribution >= 0.6 is 0 Å². The van der Waals surface area contributed by atoms with Gasteiger partial charge in [0.2, 0.25) is 0 Å². The Hall–Kier alpha value is -1.02. The number of rotatable bonds is 0. The van der Waals surface area contributed by atoms with Crippen LogP contribution in [0.5, 0.6) is 0 Å². The summed E-state index contributed by atoms with van der Waals surface area (Å²) in [6.45, 7) is 3.67. The number of hydrogen-bond acceptors (Lipinski definition) is 2. The van der Waals surface area contributed by atoms with Gasteiger partial charge in [-0.05, 0) is 25.1 Å². The SMILES string of the molecule is CN1CC2(CCN(C)c3ccccc32)C1. The summed E-state index contributed by atoms with van der Waals surface area (Å²) in [5.74, 6) is 0. The maximum Gasteiger partial charge on any atom is 0.0402 e. The smallest absolute Gasteiger partial charge is 0.0402 e. The molecule has 0 amide bonds. The highest BCUT2D eigenvalue weighted by atomic mass is 15.2. The number of hydrogen-bond donors (Lipinski definition) is 0. The molecule has 2 heterocycles. The van der Waals surface area contributed by atoms with Gasteiger partial charge >= 0.3 is 0 Å². The molecule has 1 saturated heterocycles. The first-order valence-electron chi connectivity index (χ1n) is 5.70. The number of benzene rings is 1. The van der Waals surface area contributed by atoms with Gasteiger partial charge in [0.15, 0.2) is 0 Å². The summed E-state index contributed by atoms with van der Waals surface area (Å²) in [5.41, 5.74) is 3.48. The lowest BCUT2D eigenvalue weighted by Crippen LogP contribution is -2.60. The molecule has 1 aromatic carbocycles. The van der Waals surface area contributed by atoms with Crippen LogP contribution < -0.4 is 4.90 Å². The first kappa shape index (κ1) is 9.22. The van der Waals surface area contributed by atoms with Crippen molar-refractivity contribution in [3.8, 4) is 0 Å². The van der Waals surface area contributed by atoms with Crippen LogP contribution in [0.25, 0.3) is 0 Å². The molecule has 80 valence electrons. The second-order valence-electron chi connectivity index (χ2n) is 5.14. The average Bonchev–Trinajstić information content (AvgIpc) is 2.21. The zero-order chi connectivity index (χ0) is 10.5. The summed E-state index contributed by atoms with van der Waals surface area (Å²) in [5, 5.41) is 0. The van der Waals surface area contributed by atoms with Crippen molar-refractivity contribution in [3.05, 3.63) is 29.8 Å². The van der Waals surface area contributed by atoms with Gasteiger partial charge in [-0.15, -0.1) is 0 Å². The minimum absolute atomic E-state index is 0.470. The number of likely N-dealkylation sites (N-methyl/N-ethyl adjacent to an activating group) is 1. The van der Waals surface area contributed by atoms with Gasteiger partial charge in [0.25, 0.3) is 0 Å². The van der Waals surface area contributed by atoms with Gasteiger partial charge in [0.05, 0.1) is 0 Å². The molecule has 0 aromatic heterocycles. The second kappa shape index (κ2) is 2.99. The fourth-order valence-corrected chi connectivity index (χ4v) is 3.21. The maximum atomic E-state index is 2.42. The zero-order valence-electron chi connectivity index (χ0n) is 9.53. The van der Waals surface area contributed by atoms with Gasteiger partial charge in [-0.3, -0.25) is 0 Å². The minimum atomic E-state index is 0.470. The van der Waals surface area contributed by atoms with Crippen molar-refractivity contribution in [2.75, 3.05) is 38.6 Å². The topological polar surface area (TPSA) is 6.48 Å². The van der Waals surface area contributed by atoms with E-state index in [1.54, 1.807) is 5.56 Å². The molecule has 2 heteroatoms. The molecule has 0 saturated carbocycles. The molecular formula is C13H18N2. The predicted molar refractivity (Wildman–Crippen MR) is 63.5 cm³/mol. The van der Waals surface area contributed by atoms with Crippen LogP contribution in [0.2, 0.25) is 0 Å². The molecule has 15 heavy (non-hydrogen) atoms. The highest BCUT2D eigenvalue weighted by molar-refractivity contribution is 5.59. The van der Waals surface area contributed by atoms with Crippen molar-refractivity contribution in [2.45, 2.75) is 11.8 Å². The molecule has 0 unspecified atom stereocenters. The lowest BCUT2D eigenvalue weighted by atomic mass is 9.69. The Balaban J connectivity index is 2.06. The molecule has 0 radical (unpaired) electrons. The third-order valence-corrected chi connectivity index (χ3v) is 3.96. The Bertz CT molecular complexity index is 380. The summed E-state index contributed by atoms with van der Waals surface area (Å²) in [7, 11) is 4.42. The highest BCUT2D eigenvalue weighted by Gasteiger charge is 2.45. The molecule has 0 atom stereocenters. The van der Waals surface area contributed by atoms with E-state index in [9.17, 15) is 0 Å². The Morgan fingerprint density at radius 2 is 1.87 bits per heavy atom. The normalized spacial score (nSPS) is 23.7. The van der Waals surface area contributed by atoms with E-state index in [1.165, 1.54) is 31.7 Å². The van der Waals surface area contributed by atoms with E-state index in [0.29, 0.717) is 5.41 Å². The average molecular weight is 202 g/mol. The van der Waals surface area contributed by atoms with Crippen molar-refractivity contribution < 1.29 is 0 Å². The fraction of sp³-hybridized carbons (Fsp3) is 0.538. The molecule has 1 fully saturated rings. The van der Waals surface area contributed by atoms with Gasteiger partial charge in [-0.1, -0.05) is 18.2 Å². The summed E-state index contributed by atoms with van der Waals surface area (Å²) in [6.07, 6.45) is 1.31. The largest absolute Gasteiger partial charge is 0.374 e. The van der Waals surface area contributed by atoms with Crippen molar-refractivity contribution in [2.24, 2.45) is 0 Å². The Labute approximate surface area is 91.5 Å². The minimum Gasteiger partial charge on any atom is -0.374 e. The molecule has 0 N–H and O–H groups in total. The third-order valence-electron chi connectivity index (χ3n) is 3.96. The number of nitrogens with zero attached hydrogens (tertiary/aromatic N) is 2. The molecule has 1 aromatic rings. The summed E-state index contributed by atoms with van der Waals surface area (Å²) in [6, 6.07) is 8.90. The van der Waals surface area contributed by atoms with E-state index in [0.717, 1.165) is 0 Å². The van der Waals surface area contributed by atoms with Crippen LogP contribution in [0.1, 0.15) is 12.0 Å². The molecule has 0 bridgehead atoms. The first-order chi connectivity index (χ1) is 7.21. The first-order valence-corrected chi connectivity index (χ1v) is 5.70. The van der Waals surface area contributed by atoms with Gasteiger partial charge in [0, 0.05) is 37.8 Å². The molecule has 2 aliphatic rings. The van der Waals surface area contributed by atoms with E-state index >= 15 is 0 Å². The van der Waals surface area contributed by atoms with E-state index in [1.807, 2.05) is 0 Å². The molecule has 1 spiro atoms. The van der Waals surface area contributed by atoms with Crippen molar-refractivity contribution >= 4 is 5.69 Å². The van der Waals surface area contributed by atoms with E-state index in [4.69, 9.17) is 0 Å². The van der Waals surface area contributed by atoms with Crippen LogP contribution in [0, 0.1) is 0 Å². The summed E-state index contributed by atoms with van der Waals surface area (Å²) >= 11 is 0. The van der Waals surface area contributed by atoms with E-state index in [2.05, 4.69) is 48.2 Å². The monoisotopic (exact) mass is 202 g/mol. The van der Waals surface area contributed by atoms with Gasteiger partial charge in [0.1, 0.15) is 0 Å². The van der Waals surface area contributed by atoms with Crippen LogP contribution in [-0.4, -0.2) is 38.6 Å². The fourth-order valence-electron chi connectivity index (χ4n) is 3.21. The Morgan fingerprint density at radius 1 is 1.13 bits per heavy atom. The van der Waals surface area contributed by atoms with Crippen molar-refractivity contribution in [3.63, 3.8) is 0 Å². The number of anilines is 1. The quantitative estimate of drug-likeness (QED) is 0.632. The molecule has 2 nitrogen and oxygen atoms in total. The lowest BCUT2D eigenvalue weighted by Gasteiger charge is -2.53. The van der Waals surface area contributed by atoms with Gasteiger partial charge < -0.3 is 9.80 Å². The maximum absolute atomic E-state index is 2.42. The zero-order valence-corrected chi connectivity index (χ0v) is 9.53. The molecule has 3 rings (SSSR count). The van der Waals surface area contributed by atoms with Crippen LogP contribution in [-0.2, 0) is 5.41 Å². The standard InChI is InChI=1S/C13H18N2/c1-14-9-13(10-14)7-8-15(2)12-6-4-3-5-11(12)13/h3-6H,7-10H2,1-2H3. The second-order valence-corrected chi connectivity index (χ2v) is 5.14. The van der Waals surface area contributed by atoms with E-state index < -0.39 is 0 Å². The van der Waals surface area contributed by atoms with Crippen LogP contribution in [0.3, 0.4) is 0 Å². The molecule has 2 aliphatic heterocycles. The highest BCUT2D eigenvalue weighted by Crippen LogP contribution is 2.44. The van der Waals surface area contributed by atoms with Crippen molar-refractivity contribution in [1.29, 1.82) is 0 Å². The summed E-state index contributed by atoms with van der Waals surface area (Å²) < 4.78 is 0. The van der Waals surface area contributed by atoms with Crippen LogP contribution in [0.4, 0.5) is 5.69 Å². The summed E-state index contributed by atoms with van der Waals surface area (Å²) in [4.78, 5) is 4.81. The van der Waals surface area contributed by atoms with Gasteiger partial charge in [-0.2, -0.15) is 0 Å². The number of likely N-dealkylation sites (tertiary alicyclic amines) is 1. The Kier molecular flexibility index (Phi) is 1.84. The lowest BCUT2D eigenvalue weighted by molar-refractivity contribution is 0.0839. The predicted octanol–water partition coefficient (Wildman–Crippen LogP) is 1.71. The third kappa shape index (κ3) is 1.21. The molecular weight excluding hydrogens is 184 g/mol. The van der Waals surface area contributed by atoms with E-state index in [-0.39, 0.29) is 0 Å². The molecule has 0 aliphatic carbocycles. The van der Waals surface area contributed by atoms with Crippen molar-refractivity contribution in [1.82, 2.24) is 4.90 Å². The number of fused-ring (bicyclic) bond motifs is 2. The number of para-hydroxylation sites is 1.